The van der Waals surface area contributed by atoms with Crippen LogP contribution in [0.5, 0.6) is 0 Å². The molecule has 0 amide bonds. The summed E-state index contributed by atoms with van der Waals surface area (Å²) >= 11 is 0. The summed E-state index contributed by atoms with van der Waals surface area (Å²) < 4.78 is 13.6. The van der Waals surface area contributed by atoms with Crippen LogP contribution in [0.1, 0.15) is 32.1 Å². The lowest BCUT2D eigenvalue weighted by molar-refractivity contribution is -0.162. The molecule has 21 heavy (non-hydrogen) atoms. The Morgan fingerprint density at radius 3 is 3.05 bits per heavy atom. The highest BCUT2D eigenvalue weighted by Gasteiger charge is 2.13. The lowest BCUT2D eigenvalue weighted by atomic mass is 9.93. The number of rotatable bonds is 6. The maximum Gasteiger partial charge on any atom is 0.157 e. The summed E-state index contributed by atoms with van der Waals surface area (Å²) in [5, 5.41) is 1.14. The lowest BCUT2D eigenvalue weighted by Gasteiger charge is -2.22. The van der Waals surface area contributed by atoms with Crippen molar-refractivity contribution < 1.29 is 9.47 Å². The van der Waals surface area contributed by atoms with Gasteiger partial charge in [0.25, 0.3) is 0 Å². The van der Waals surface area contributed by atoms with Crippen LogP contribution in [0.2, 0.25) is 0 Å². The van der Waals surface area contributed by atoms with Gasteiger partial charge in [0.05, 0.1) is 0 Å². The first-order valence-corrected chi connectivity index (χ1v) is 7.91. The topological polar surface area (TPSA) is 23.4 Å². The minimum atomic E-state index is 0.0333. The molecule has 1 fully saturated rings. The third kappa shape index (κ3) is 3.69. The third-order valence-corrected chi connectivity index (χ3v) is 4.08. The number of aryl methyl sites for hydroxylation is 1. The quantitative estimate of drug-likeness (QED) is 0.601. The van der Waals surface area contributed by atoms with Crippen LogP contribution in [0, 0.1) is 0 Å². The second kappa shape index (κ2) is 7.14. The third-order valence-electron chi connectivity index (χ3n) is 4.08. The van der Waals surface area contributed by atoms with Gasteiger partial charge in [-0.1, -0.05) is 17.6 Å². The maximum absolute atomic E-state index is 5.98. The molecule has 1 unspecified atom stereocenters. The predicted molar refractivity (Wildman–Crippen MR) is 86.1 cm³/mol. The summed E-state index contributed by atoms with van der Waals surface area (Å²) in [5.41, 5.74) is 2.07. The van der Waals surface area contributed by atoms with Crippen LogP contribution in [0.3, 0.4) is 0 Å². The van der Waals surface area contributed by atoms with Crippen LogP contribution in [0.25, 0.3) is 10.9 Å². The first-order valence-electron chi connectivity index (χ1n) is 7.91. The molecule has 1 aliphatic heterocycles. The lowest BCUT2D eigenvalue weighted by Crippen LogP contribution is -2.22. The van der Waals surface area contributed by atoms with Gasteiger partial charge < -0.3 is 14.0 Å². The number of nitrogens with zero attached hydrogens (tertiary/aromatic N) is 1. The van der Waals surface area contributed by atoms with E-state index in [-0.39, 0.29) is 6.29 Å². The Morgan fingerprint density at radius 2 is 2.19 bits per heavy atom. The normalized spacial score (nSPS) is 19.1. The van der Waals surface area contributed by atoms with Gasteiger partial charge in [-0.3, -0.25) is 0 Å². The molecule has 110 valence electrons. The van der Waals surface area contributed by atoms with E-state index in [1.807, 2.05) is 12.1 Å². The number of ether oxygens (including phenoxy) is 2. The van der Waals surface area contributed by atoms with E-state index in [2.05, 4.69) is 22.9 Å². The van der Waals surface area contributed by atoms with E-state index in [0.29, 0.717) is 0 Å². The van der Waals surface area contributed by atoms with Gasteiger partial charge in [-0.05, 0) is 49.6 Å². The SMILES string of the molecule is [B]c1cccc2c1ccn2CCCCOC1CCCCO1. The minimum Gasteiger partial charge on any atom is -0.353 e. The van der Waals surface area contributed by atoms with E-state index in [1.54, 1.807) is 0 Å². The Labute approximate surface area is 127 Å². The van der Waals surface area contributed by atoms with Gasteiger partial charge in [0.15, 0.2) is 6.29 Å². The molecule has 1 aromatic carbocycles. The standard InChI is InChI=1S/C17H22BNO2/c18-15-6-5-7-16-14(15)9-11-19(16)10-2-4-13-21-17-8-1-3-12-20-17/h5-7,9,11,17H,1-4,8,10,12-13H2. The van der Waals surface area contributed by atoms with Crippen molar-refractivity contribution in [2.24, 2.45) is 0 Å². The van der Waals surface area contributed by atoms with E-state index < -0.39 is 0 Å². The number of unbranched alkanes of at least 4 members (excludes halogenated alkanes) is 1. The fraction of sp³-hybridized carbons (Fsp3) is 0.529. The molecule has 0 aliphatic carbocycles. The van der Waals surface area contributed by atoms with Crippen molar-refractivity contribution in [2.45, 2.75) is 44.9 Å². The van der Waals surface area contributed by atoms with Crippen LogP contribution >= 0.6 is 0 Å². The van der Waals surface area contributed by atoms with Crippen molar-refractivity contribution in [3.63, 3.8) is 0 Å². The highest BCUT2D eigenvalue weighted by Crippen LogP contribution is 2.15. The molecule has 0 bridgehead atoms. The number of benzene rings is 1. The Bertz CT molecular complexity index is 575. The summed E-state index contributed by atoms with van der Waals surface area (Å²) in [7, 11) is 5.98. The largest absolute Gasteiger partial charge is 0.353 e. The van der Waals surface area contributed by atoms with Gasteiger partial charge in [0, 0.05) is 31.5 Å². The molecule has 1 saturated heterocycles. The van der Waals surface area contributed by atoms with Gasteiger partial charge in [-0.15, -0.1) is 0 Å². The van der Waals surface area contributed by atoms with Crippen molar-refractivity contribution in [3.8, 4) is 0 Å². The fourth-order valence-electron chi connectivity index (χ4n) is 2.88. The molecule has 0 N–H and O–H groups in total. The van der Waals surface area contributed by atoms with E-state index in [9.17, 15) is 0 Å². The Kier molecular flexibility index (Phi) is 4.99. The molecule has 1 aliphatic rings. The molecule has 2 radical (unpaired) electrons. The number of hydrogen-bond donors (Lipinski definition) is 0. The van der Waals surface area contributed by atoms with Crippen LogP contribution in [0.4, 0.5) is 0 Å². The van der Waals surface area contributed by atoms with E-state index >= 15 is 0 Å². The zero-order valence-corrected chi connectivity index (χ0v) is 12.5. The first kappa shape index (κ1) is 14.7. The van der Waals surface area contributed by atoms with Crippen molar-refractivity contribution in [1.82, 2.24) is 4.57 Å². The van der Waals surface area contributed by atoms with Crippen LogP contribution in [0.15, 0.2) is 30.5 Å². The van der Waals surface area contributed by atoms with Crippen molar-refractivity contribution in [1.29, 1.82) is 0 Å². The summed E-state index contributed by atoms with van der Waals surface area (Å²) in [6.45, 7) is 2.63. The highest BCUT2D eigenvalue weighted by atomic mass is 16.7. The fourth-order valence-corrected chi connectivity index (χ4v) is 2.88. The number of hydrogen-bond acceptors (Lipinski definition) is 2. The Morgan fingerprint density at radius 1 is 1.24 bits per heavy atom. The van der Waals surface area contributed by atoms with Crippen LogP contribution < -0.4 is 5.46 Å². The molecular formula is C17H22BNO2. The molecule has 0 saturated carbocycles. The molecule has 2 aromatic rings. The highest BCUT2D eigenvalue weighted by molar-refractivity contribution is 6.38. The summed E-state index contributed by atoms with van der Waals surface area (Å²) in [4.78, 5) is 0. The number of aromatic nitrogens is 1. The van der Waals surface area contributed by atoms with Gasteiger partial charge in [-0.2, -0.15) is 0 Å². The average Bonchev–Trinajstić information content (AvgIpc) is 2.93. The number of fused-ring (bicyclic) bond motifs is 1. The van der Waals surface area contributed by atoms with Gasteiger partial charge >= 0.3 is 0 Å². The van der Waals surface area contributed by atoms with Crippen LogP contribution in [-0.2, 0) is 16.0 Å². The van der Waals surface area contributed by atoms with E-state index in [4.69, 9.17) is 17.3 Å². The molecule has 1 aromatic heterocycles. The summed E-state index contributed by atoms with van der Waals surface area (Å²) in [6, 6.07) is 8.18. The Hall–Kier alpha value is -1.26. The zero-order chi connectivity index (χ0) is 14.5. The van der Waals surface area contributed by atoms with Gasteiger partial charge in [0.2, 0.25) is 0 Å². The van der Waals surface area contributed by atoms with Crippen LogP contribution in [-0.4, -0.2) is 31.9 Å². The van der Waals surface area contributed by atoms with Gasteiger partial charge in [0.1, 0.15) is 7.85 Å². The molecule has 1 atom stereocenters. The Balaban J connectivity index is 1.43. The van der Waals surface area contributed by atoms with Crippen molar-refractivity contribution in [2.75, 3.05) is 13.2 Å². The van der Waals surface area contributed by atoms with E-state index in [1.165, 1.54) is 18.4 Å². The molecular weight excluding hydrogens is 261 g/mol. The molecule has 4 heteroatoms. The van der Waals surface area contributed by atoms with Crippen molar-refractivity contribution >= 4 is 24.2 Å². The molecule has 2 heterocycles. The second-order valence-corrected chi connectivity index (χ2v) is 5.66. The van der Waals surface area contributed by atoms with Crippen molar-refractivity contribution in [3.05, 3.63) is 30.5 Å². The predicted octanol–water partition coefficient (Wildman–Crippen LogP) is 2.76. The average molecular weight is 283 g/mol. The minimum absolute atomic E-state index is 0.0333. The summed E-state index contributed by atoms with van der Waals surface area (Å²) in [6.07, 6.45) is 7.75. The molecule has 3 nitrogen and oxygen atoms in total. The van der Waals surface area contributed by atoms with Gasteiger partial charge in [-0.25, -0.2) is 0 Å². The second-order valence-electron chi connectivity index (χ2n) is 5.66. The first-order chi connectivity index (χ1) is 10.3. The monoisotopic (exact) mass is 283 g/mol. The maximum atomic E-state index is 5.98. The smallest absolute Gasteiger partial charge is 0.157 e. The zero-order valence-electron chi connectivity index (χ0n) is 12.5. The van der Waals surface area contributed by atoms with E-state index in [0.717, 1.165) is 49.9 Å². The molecule has 3 rings (SSSR count). The molecule has 0 spiro atoms. The summed E-state index contributed by atoms with van der Waals surface area (Å²) in [5.74, 6) is 0.